The van der Waals surface area contributed by atoms with E-state index in [4.69, 9.17) is 0 Å². The first-order valence-electron chi connectivity index (χ1n) is 3.52. The van der Waals surface area contributed by atoms with Gasteiger partial charge in [-0.2, -0.15) is 18.2 Å². The summed E-state index contributed by atoms with van der Waals surface area (Å²) in [5, 5.41) is 2.10. The van der Waals surface area contributed by atoms with Crippen LogP contribution in [0, 0.1) is 3.83 Å². The van der Waals surface area contributed by atoms with Gasteiger partial charge in [-0.15, -0.1) is 0 Å². The zero-order valence-electron chi connectivity index (χ0n) is 6.72. The maximum absolute atomic E-state index is 12.3. The highest BCUT2D eigenvalue weighted by Gasteiger charge is 2.38. The zero-order valence-corrected chi connectivity index (χ0v) is 8.88. The van der Waals surface area contributed by atoms with Crippen LogP contribution in [0.25, 0.3) is 11.1 Å². The summed E-state index contributed by atoms with van der Waals surface area (Å²) in [7, 11) is 0. The first-order chi connectivity index (χ1) is 6.89. The molecule has 2 aromatic heterocycles. The third kappa shape index (κ3) is 1.70. The van der Waals surface area contributed by atoms with Crippen LogP contribution in [0.1, 0.15) is 5.69 Å². The van der Waals surface area contributed by atoms with Crippen molar-refractivity contribution >= 4 is 33.7 Å². The normalized spacial score (nSPS) is 12.3. The third-order valence-corrected chi connectivity index (χ3v) is 2.10. The molecule has 0 unspecified atom stereocenters. The number of hydrogen-bond donors (Lipinski definition) is 1. The Balaban J connectivity index is 2.87. The molecule has 0 fully saturated rings. The molecule has 0 amide bonds. The van der Waals surface area contributed by atoms with E-state index in [1.807, 2.05) is 0 Å². The molecular formula is C6HF3IN3O2. The molecule has 2 aromatic rings. The van der Waals surface area contributed by atoms with Crippen LogP contribution in [-0.2, 0) is 6.18 Å². The van der Waals surface area contributed by atoms with E-state index in [1.54, 1.807) is 22.6 Å². The molecule has 2 rings (SSSR count). The number of fused-ring (bicyclic) bond motifs is 1. The van der Waals surface area contributed by atoms with Gasteiger partial charge in [0.05, 0.1) is 0 Å². The maximum Gasteiger partial charge on any atom is 0.437 e. The molecule has 1 N–H and O–H groups in total. The maximum atomic E-state index is 12.3. The first-order valence-corrected chi connectivity index (χ1v) is 4.60. The number of H-pyrrole nitrogens is 1. The number of aromatic amines is 1. The minimum absolute atomic E-state index is 0.134. The smallest absolute Gasteiger partial charge is 0.335 e. The Bertz CT molecular complexity index is 573. The number of nitrogens with one attached hydrogen (secondary N) is 1. The second-order valence-electron chi connectivity index (χ2n) is 2.57. The number of aromatic nitrogens is 3. The predicted molar refractivity (Wildman–Crippen MR) is 50.1 cm³/mol. The monoisotopic (exact) mass is 331 g/mol. The second kappa shape index (κ2) is 3.18. The number of rotatable bonds is 0. The fourth-order valence-corrected chi connectivity index (χ4v) is 1.49. The molecule has 0 saturated carbocycles. The van der Waals surface area contributed by atoms with Crippen molar-refractivity contribution < 1.29 is 17.7 Å². The lowest BCUT2D eigenvalue weighted by molar-refractivity contribution is -0.141. The predicted octanol–water partition coefficient (Wildman–Crippen LogP) is 1.53. The van der Waals surface area contributed by atoms with Gasteiger partial charge in [0.15, 0.2) is 3.83 Å². The fraction of sp³-hybridized carbons (Fsp3) is 0.167. The van der Waals surface area contributed by atoms with Crippen LogP contribution in [0.5, 0.6) is 0 Å². The quantitative estimate of drug-likeness (QED) is 0.587. The molecule has 0 aliphatic carbocycles. The average molecular weight is 331 g/mol. The Morgan fingerprint density at radius 1 is 1.40 bits per heavy atom. The van der Waals surface area contributed by atoms with E-state index >= 15 is 0 Å². The molecular weight excluding hydrogens is 330 g/mol. The van der Waals surface area contributed by atoms with E-state index in [0.717, 1.165) is 0 Å². The van der Waals surface area contributed by atoms with Gasteiger partial charge < -0.3 is 9.51 Å². The Kier molecular flexibility index (Phi) is 2.20. The summed E-state index contributed by atoms with van der Waals surface area (Å²) >= 11 is 1.65. The van der Waals surface area contributed by atoms with Crippen molar-refractivity contribution in [2.45, 2.75) is 6.18 Å². The zero-order chi connectivity index (χ0) is 11.2. The molecule has 0 radical (unpaired) electrons. The van der Waals surface area contributed by atoms with E-state index < -0.39 is 28.5 Å². The fourth-order valence-electron chi connectivity index (χ4n) is 1.03. The number of alkyl halides is 3. The van der Waals surface area contributed by atoms with Gasteiger partial charge in [0.1, 0.15) is 5.39 Å². The summed E-state index contributed by atoms with van der Waals surface area (Å²) in [5.41, 5.74) is -2.70. The minimum Gasteiger partial charge on any atom is -0.335 e. The Hall–Kier alpha value is -1.13. The van der Waals surface area contributed by atoms with Crippen molar-refractivity contribution in [3.63, 3.8) is 0 Å². The molecule has 2 heterocycles. The standard InChI is InChI=1S/C6HF3IN3O2/c7-6(8,9)2-1-3(14)11-5(10)12-4(1)15-13-2/h(H,11,12,14). The van der Waals surface area contributed by atoms with E-state index in [0.29, 0.717) is 0 Å². The minimum atomic E-state index is -4.73. The average Bonchev–Trinajstić information content (AvgIpc) is 2.45. The van der Waals surface area contributed by atoms with E-state index in [-0.39, 0.29) is 3.83 Å². The number of hydrogen-bond acceptors (Lipinski definition) is 4. The summed E-state index contributed by atoms with van der Waals surface area (Å²) in [6, 6.07) is 0. The summed E-state index contributed by atoms with van der Waals surface area (Å²) in [5.74, 6) is 0. The number of halogens is 4. The molecule has 0 bridgehead atoms. The summed E-state index contributed by atoms with van der Waals surface area (Å²) in [4.78, 5) is 16.9. The van der Waals surface area contributed by atoms with Gasteiger partial charge in [-0.1, -0.05) is 5.16 Å². The lowest BCUT2D eigenvalue weighted by Crippen LogP contribution is -2.14. The van der Waals surface area contributed by atoms with Crippen molar-refractivity contribution in [2.75, 3.05) is 0 Å². The lowest BCUT2D eigenvalue weighted by atomic mass is 10.3. The Morgan fingerprint density at radius 2 is 2.07 bits per heavy atom. The van der Waals surface area contributed by atoms with Crippen molar-refractivity contribution in [2.24, 2.45) is 0 Å². The van der Waals surface area contributed by atoms with Crippen molar-refractivity contribution in [3.8, 4) is 0 Å². The van der Waals surface area contributed by atoms with Crippen LogP contribution in [0.2, 0.25) is 0 Å². The SMILES string of the molecule is O=c1[nH]c(I)nc2onc(C(F)(F)F)c12. The topological polar surface area (TPSA) is 71.8 Å². The summed E-state index contributed by atoms with van der Waals surface area (Å²) < 4.78 is 41.4. The van der Waals surface area contributed by atoms with Gasteiger partial charge in [0.25, 0.3) is 11.3 Å². The van der Waals surface area contributed by atoms with E-state index in [9.17, 15) is 18.0 Å². The molecule has 0 atom stereocenters. The molecule has 80 valence electrons. The van der Waals surface area contributed by atoms with Crippen LogP contribution in [0.3, 0.4) is 0 Å². The van der Waals surface area contributed by atoms with E-state index in [2.05, 4.69) is 19.6 Å². The first kappa shape index (κ1) is 10.4. The number of nitrogens with zero attached hydrogens (tertiary/aromatic N) is 2. The van der Waals surface area contributed by atoms with Crippen LogP contribution >= 0.6 is 22.6 Å². The molecule has 9 heteroatoms. The van der Waals surface area contributed by atoms with Crippen molar-refractivity contribution in [1.82, 2.24) is 15.1 Å². The molecule has 5 nitrogen and oxygen atoms in total. The summed E-state index contributed by atoms with van der Waals surface area (Å²) in [6.07, 6.45) is -4.73. The molecule has 0 aliphatic rings. The van der Waals surface area contributed by atoms with Crippen LogP contribution in [-0.4, -0.2) is 15.1 Å². The van der Waals surface area contributed by atoms with Gasteiger partial charge in [0, 0.05) is 0 Å². The highest BCUT2D eigenvalue weighted by atomic mass is 127. The van der Waals surface area contributed by atoms with E-state index in [1.165, 1.54) is 0 Å². The van der Waals surface area contributed by atoms with Crippen LogP contribution in [0.15, 0.2) is 9.32 Å². The second-order valence-corrected chi connectivity index (χ2v) is 3.59. The largest absolute Gasteiger partial charge is 0.437 e. The Morgan fingerprint density at radius 3 is 2.67 bits per heavy atom. The molecule has 0 saturated heterocycles. The van der Waals surface area contributed by atoms with Crippen molar-refractivity contribution in [3.05, 3.63) is 19.9 Å². The molecule has 0 spiro atoms. The van der Waals surface area contributed by atoms with Gasteiger partial charge in [-0.05, 0) is 22.6 Å². The van der Waals surface area contributed by atoms with Crippen LogP contribution < -0.4 is 5.56 Å². The third-order valence-electron chi connectivity index (χ3n) is 1.59. The van der Waals surface area contributed by atoms with Gasteiger partial charge in [-0.3, -0.25) is 4.79 Å². The van der Waals surface area contributed by atoms with Crippen LogP contribution in [0.4, 0.5) is 13.2 Å². The van der Waals surface area contributed by atoms with Crippen molar-refractivity contribution in [1.29, 1.82) is 0 Å². The Labute approximate surface area is 92.8 Å². The molecule has 15 heavy (non-hydrogen) atoms. The molecule has 0 aliphatic heterocycles. The highest BCUT2D eigenvalue weighted by molar-refractivity contribution is 14.1. The highest BCUT2D eigenvalue weighted by Crippen LogP contribution is 2.31. The van der Waals surface area contributed by atoms with Gasteiger partial charge in [-0.25, -0.2) is 0 Å². The van der Waals surface area contributed by atoms with Gasteiger partial charge in [0.2, 0.25) is 5.69 Å². The van der Waals surface area contributed by atoms with Gasteiger partial charge >= 0.3 is 6.18 Å². The molecule has 0 aromatic carbocycles. The summed E-state index contributed by atoms with van der Waals surface area (Å²) in [6.45, 7) is 0. The lowest BCUT2D eigenvalue weighted by Gasteiger charge is -1.99.